The standard InChI is InChI=1S/C16H15FN2O2/c17-14-9-12(20)4-5-13(14)16(21)19-7-1-2-10-8-11(18)3-6-15(10)19/h3-6,8-9,20H,1-2,7,18H2. The minimum Gasteiger partial charge on any atom is -0.508 e. The van der Waals surface area contributed by atoms with Crippen molar-refractivity contribution < 1.29 is 14.3 Å². The molecule has 0 saturated carbocycles. The van der Waals surface area contributed by atoms with Crippen LogP contribution in [0.5, 0.6) is 5.75 Å². The van der Waals surface area contributed by atoms with Gasteiger partial charge in [-0.1, -0.05) is 0 Å². The molecule has 0 atom stereocenters. The Morgan fingerprint density at radius 3 is 2.81 bits per heavy atom. The molecule has 0 bridgehead atoms. The summed E-state index contributed by atoms with van der Waals surface area (Å²) in [6.07, 6.45) is 1.66. The summed E-state index contributed by atoms with van der Waals surface area (Å²) in [5, 5.41) is 9.24. The topological polar surface area (TPSA) is 66.6 Å². The van der Waals surface area contributed by atoms with Gasteiger partial charge in [0, 0.05) is 24.0 Å². The number of carbonyl (C=O) groups is 1. The summed E-state index contributed by atoms with van der Waals surface area (Å²) < 4.78 is 13.9. The van der Waals surface area contributed by atoms with Crippen LogP contribution in [0, 0.1) is 5.82 Å². The Morgan fingerprint density at radius 2 is 2.05 bits per heavy atom. The van der Waals surface area contributed by atoms with Crippen LogP contribution in [-0.4, -0.2) is 17.6 Å². The predicted octanol–water partition coefficient (Wildman–Crippen LogP) is 2.71. The minimum absolute atomic E-state index is 0.0440. The molecule has 0 radical (unpaired) electrons. The third-order valence-electron chi connectivity index (χ3n) is 3.65. The van der Waals surface area contributed by atoms with Crippen LogP contribution < -0.4 is 10.6 Å². The number of hydrogen-bond acceptors (Lipinski definition) is 3. The second-order valence-corrected chi connectivity index (χ2v) is 5.11. The largest absolute Gasteiger partial charge is 0.508 e. The zero-order chi connectivity index (χ0) is 15.0. The lowest BCUT2D eigenvalue weighted by molar-refractivity contribution is 0.0981. The summed E-state index contributed by atoms with van der Waals surface area (Å²) in [6, 6.07) is 8.93. The number of fused-ring (bicyclic) bond motifs is 1. The Bertz CT molecular complexity index is 715. The van der Waals surface area contributed by atoms with Crippen molar-refractivity contribution in [3.63, 3.8) is 0 Å². The first kappa shape index (κ1) is 13.4. The maximum Gasteiger partial charge on any atom is 0.261 e. The number of anilines is 2. The first-order valence-electron chi connectivity index (χ1n) is 6.75. The van der Waals surface area contributed by atoms with Crippen molar-refractivity contribution in [1.82, 2.24) is 0 Å². The monoisotopic (exact) mass is 286 g/mol. The van der Waals surface area contributed by atoms with E-state index >= 15 is 0 Å². The number of nitrogens with two attached hydrogens (primary N) is 1. The number of nitrogens with zero attached hydrogens (tertiary/aromatic N) is 1. The van der Waals surface area contributed by atoms with Crippen LogP contribution in [0.2, 0.25) is 0 Å². The SMILES string of the molecule is Nc1ccc2c(c1)CCCN2C(=O)c1ccc(O)cc1F. The Morgan fingerprint density at radius 1 is 1.24 bits per heavy atom. The Kier molecular flexibility index (Phi) is 3.25. The average molecular weight is 286 g/mol. The zero-order valence-corrected chi connectivity index (χ0v) is 11.3. The van der Waals surface area contributed by atoms with E-state index in [2.05, 4.69) is 0 Å². The number of aryl methyl sites for hydroxylation is 1. The van der Waals surface area contributed by atoms with Gasteiger partial charge >= 0.3 is 0 Å². The second-order valence-electron chi connectivity index (χ2n) is 5.11. The maximum absolute atomic E-state index is 13.9. The van der Waals surface area contributed by atoms with Gasteiger partial charge in [-0.25, -0.2) is 4.39 Å². The molecule has 5 heteroatoms. The lowest BCUT2D eigenvalue weighted by atomic mass is 10.00. The summed E-state index contributed by atoms with van der Waals surface area (Å²) in [5.41, 5.74) is 8.14. The first-order valence-corrected chi connectivity index (χ1v) is 6.75. The maximum atomic E-state index is 13.9. The van der Waals surface area contributed by atoms with E-state index in [1.54, 1.807) is 17.0 Å². The van der Waals surface area contributed by atoms with E-state index in [-0.39, 0.29) is 11.3 Å². The predicted molar refractivity (Wildman–Crippen MR) is 78.9 cm³/mol. The fraction of sp³-hybridized carbons (Fsp3) is 0.188. The quantitative estimate of drug-likeness (QED) is 0.792. The first-order chi connectivity index (χ1) is 10.1. The highest BCUT2D eigenvalue weighted by molar-refractivity contribution is 6.07. The summed E-state index contributed by atoms with van der Waals surface area (Å²) in [6.45, 7) is 0.538. The molecule has 0 aliphatic carbocycles. The van der Waals surface area contributed by atoms with Crippen molar-refractivity contribution in [2.45, 2.75) is 12.8 Å². The third kappa shape index (κ3) is 2.42. The number of rotatable bonds is 1. The van der Waals surface area contributed by atoms with Crippen molar-refractivity contribution in [2.75, 3.05) is 17.2 Å². The van der Waals surface area contributed by atoms with Crippen LogP contribution in [0.25, 0.3) is 0 Å². The highest BCUT2D eigenvalue weighted by Gasteiger charge is 2.25. The van der Waals surface area contributed by atoms with E-state index in [4.69, 9.17) is 5.73 Å². The van der Waals surface area contributed by atoms with Crippen molar-refractivity contribution in [1.29, 1.82) is 0 Å². The van der Waals surface area contributed by atoms with Gasteiger partial charge < -0.3 is 15.7 Å². The highest BCUT2D eigenvalue weighted by Crippen LogP contribution is 2.30. The van der Waals surface area contributed by atoms with E-state index < -0.39 is 11.7 Å². The molecule has 2 aromatic carbocycles. The molecule has 0 saturated heterocycles. The molecule has 3 N–H and O–H groups in total. The highest BCUT2D eigenvalue weighted by atomic mass is 19.1. The van der Waals surface area contributed by atoms with Crippen LogP contribution in [0.1, 0.15) is 22.3 Å². The van der Waals surface area contributed by atoms with Crippen molar-refractivity contribution >= 4 is 17.3 Å². The van der Waals surface area contributed by atoms with E-state index in [0.29, 0.717) is 12.2 Å². The molecule has 4 nitrogen and oxygen atoms in total. The van der Waals surface area contributed by atoms with E-state index in [1.807, 2.05) is 6.07 Å². The lowest BCUT2D eigenvalue weighted by Crippen LogP contribution is -2.36. The van der Waals surface area contributed by atoms with Gasteiger partial charge in [0.05, 0.1) is 5.56 Å². The number of amides is 1. The molecule has 1 aliphatic rings. The molecule has 0 unspecified atom stereocenters. The zero-order valence-electron chi connectivity index (χ0n) is 11.3. The van der Waals surface area contributed by atoms with Gasteiger partial charge in [-0.3, -0.25) is 4.79 Å². The number of hydrogen-bond donors (Lipinski definition) is 2. The number of halogens is 1. The van der Waals surface area contributed by atoms with Crippen LogP contribution in [-0.2, 0) is 6.42 Å². The molecule has 108 valence electrons. The fourth-order valence-corrected chi connectivity index (χ4v) is 2.65. The molecule has 1 aliphatic heterocycles. The number of aromatic hydroxyl groups is 1. The summed E-state index contributed by atoms with van der Waals surface area (Å²) in [7, 11) is 0. The molecule has 2 aromatic rings. The van der Waals surface area contributed by atoms with Crippen LogP contribution in [0.15, 0.2) is 36.4 Å². The van der Waals surface area contributed by atoms with Gasteiger partial charge in [0.2, 0.25) is 0 Å². The van der Waals surface area contributed by atoms with Gasteiger partial charge in [-0.05, 0) is 48.7 Å². The van der Waals surface area contributed by atoms with Gasteiger partial charge in [-0.15, -0.1) is 0 Å². The van der Waals surface area contributed by atoms with Gasteiger partial charge in [0.25, 0.3) is 5.91 Å². The molecular weight excluding hydrogens is 271 g/mol. The molecule has 1 amide bonds. The molecule has 3 rings (SSSR count). The van der Waals surface area contributed by atoms with E-state index in [0.717, 1.165) is 30.2 Å². The Labute approximate surface area is 121 Å². The normalized spacial score (nSPS) is 13.9. The molecular formula is C16H15FN2O2. The number of nitrogen functional groups attached to an aromatic ring is 1. The number of phenols is 1. The smallest absolute Gasteiger partial charge is 0.261 e. The van der Waals surface area contributed by atoms with Crippen LogP contribution >= 0.6 is 0 Å². The lowest BCUT2D eigenvalue weighted by Gasteiger charge is -2.30. The Balaban J connectivity index is 2.00. The van der Waals surface area contributed by atoms with E-state index in [9.17, 15) is 14.3 Å². The molecule has 0 fully saturated rings. The molecule has 0 aromatic heterocycles. The van der Waals surface area contributed by atoms with Gasteiger partial charge in [0.15, 0.2) is 0 Å². The fourth-order valence-electron chi connectivity index (χ4n) is 2.65. The third-order valence-corrected chi connectivity index (χ3v) is 3.65. The summed E-state index contributed by atoms with van der Waals surface area (Å²) >= 11 is 0. The Hall–Kier alpha value is -2.56. The molecule has 1 heterocycles. The summed E-state index contributed by atoms with van der Waals surface area (Å²) in [4.78, 5) is 14.1. The number of phenolic OH excluding ortho intramolecular Hbond substituents is 1. The minimum atomic E-state index is -0.720. The number of carbonyl (C=O) groups excluding carboxylic acids is 1. The number of benzene rings is 2. The van der Waals surface area contributed by atoms with E-state index in [1.165, 1.54) is 12.1 Å². The second kappa shape index (κ2) is 5.09. The molecule has 0 spiro atoms. The molecule has 21 heavy (non-hydrogen) atoms. The van der Waals surface area contributed by atoms with Crippen LogP contribution in [0.4, 0.5) is 15.8 Å². The average Bonchev–Trinajstić information content (AvgIpc) is 2.45. The van der Waals surface area contributed by atoms with Crippen LogP contribution in [0.3, 0.4) is 0 Å². The van der Waals surface area contributed by atoms with Crippen molar-refractivity contribution in [3.8, 4) is 5.75 Å². The van der Waals surface area contributed by atoms with Crippen molar-refractivity contribution in [2.24, 2.45) is 0 Å². The summed E-state index contributed by atoms with van der Waals surface area (Å²) in [5.74, 6) is -1.32. The van der Waals surface area contributed by atoms with Crippen molar-refractivity contribution in [3.05, 3.63) is 53.3 Å². The van der Waals surface area contributed by atoms with Gasteiger partial charge in [-0.2, -0.15) is 0 Å². The van der Waals surface area contributed by atoms with Gasteiger partial charge in [0.1, 0.15) is 11.6 Å².